The maximum Gasteiger partial charge on any atom is 0.348 e. The molecule has 0 bridgehead atoms. The molecular formula is C14H16ClNO7S. The monoisotopic (exact) mass is 377 g/mol. The summed E-state index contributed by atoms with van der Waals surface area (Å²) >= 11 is 6.24. The summed E-state index contributed by atoms with van der Waals surface area (Å²) in [6.07, 6.45) is -0.359. The number of methoxy groups -OCH3 is 2. The molecule has 0 aliphatic heterocycles. The summed E-state index contributed by atoms with van der Waals surface area (Å²) in [7, 11) is 2.33. The first kappa shape index (κ1) is 19.9. The quantitative estimate of drug-likeness (QED) is 0.436. The number of halogens is 1. The van der Waals surface area contributed by atoms with Crippen LogP contribution in [0.3, 0.4) is 0 Å². The number of esters is 3. The lowest BCUT2D eigenvalue weighted by Crippen LogP contribution is -2.17. The van der Waals surface area contributed by atoms with Crippen LogP contribution < -0.4 is 5.32 Å². The Morgan fingerprint density at radius 2 is 1.79 bits per heavy atom. The van der Waals surface area contributed by atoms with Crippen LogP contribution in [0.2, 0.25) is 0 Å². The van der Waals surface area contributed by atoms with Crippen molar-refractivity contribution in [3.63, 3.8) is 0 Å². The molecule has 24 heavy (non-hydrogen) atoms. The van der Waals surface area contributed by atoms with Gasteiger partial charge < -0.3 is 19.5 Å². The van der Waals surface area contributed by atoms with Crippen molar-refractivity contribution in [3.05, 3.63) is 16.0 Å². The Hall–Kier alpha value is -2.13. The normalized spacial score (nSPS) is 10.0. The minimum Gasteiger partial charge on any atom is -0.469 e. The number of hydrogen-bond donors (Lipinski definition) is 1. The molecular weight excluding hydrogens is 362 g/mol. The molecule has 1 N–H and O–H groups in total. The van der Waals surface area contributed by atoms with Crippen LogP contribution in [-0.2, 0) is 30.2 Å². The molecule has 0 fully saturated rings. The molecule has 0 saturated heterocycles. The van der Waals surface area contributed by atoms with Crippen LogP contribution in [0.5, 0.6) is 0 Å². The Morgan fingerprint density at radius 1 is 1.12 bits per heavy atom. The predicted molar refractivity (Wildman–Crippen MR) is 86.7 cm³/mol. The first-order chi connectivity index (χ1) is 11.4. The molecule has 0 aliphatic rings. The Kier molecular flexibility index (Phi) is 7.66. The van der Waals surface area contributed by atoms with Crippen molar-refractivity contribution < 1.29 is 33.4 Å². The highest BCUT2D eigenvalue weighted by atomic mass is 35.5. The van der Waals surface area contributed by atoms with Crippen molar-refractivity contribution in [3.8, 4) is 0 Å². The number of amides is 1. The lowest BCUT2D eigenvalue weighted by Gasteiger charge is -2.08. The zero-order valence-corrected chi connectivity index (χ0v) is 14.8. The minimum absolute atomic E-state index is 0.00387. The number of carbonyl (C=O) groups excluding carboxylic acids is 4. The van der Waals surface area contributed by atoms with Gasteiger partial charge in [-0.1, -0.05) is 0 Å². The van der Waals surface area contributed by atoms with Gasteiger partial charge in [-0.25, -0.2) is 9.59 Å². The van der Waals surface area contributed by atoms with Crippen molar-refractivity contribution in [2.45, 2.75) is 13.3 Å². The van der Waals surface area contributed by atoms with Gasteiger partial charge in [-0.2, -0.15) is 0 Å². The number of thiophene rings is 1. The molecule has 1 heterocycles. The maximum absolute atomic E-state index is 12.2. The molecule has 0 radical (unpaired) electrons. The van der Waals surface area contributed by atoms with Crippen molar-refractivity contribution in [1.29, 1.82) is 0 Å². The second-order valence-corrected chi connectivity index (χ2v) is 5.55. The minimum atomic E-state index is -0.785. The number of ether oxygens (including phenoxy) is 3. The third-order valence-electron chi connectivity index (χ3n) is 2.78. The molecule has 0 saturated carbocycles. The van der Waals surface area contributed by atoms with Gasteiger partial charge >= 0.3 is 17.9 Å². The maximum atomic E-state index is 12.2. The van der Waals surface area contributed by atoms with E-state index in [1.54, 1.807) is 6.92 Å². The fourth-order valence-corrected chi connectivity index (χ4v) is 2.98. The molecule has 1 rings (SSSR count). The molecule has 132 valence electrons. The van der Waals surface area contributed by atoms with Crippen molar-refractivity contribution >= 4 is 51.8 Å². The van der Waals surface area contributed by atoms with E-state index in [2.05, 4.69) is 14.8 Å². The number of rotatable bonds is 7. The van der Waals surface area contributed by atoms with Crippen LogP contribution in [-0.4, -0.2) is 50.5 Å². The average Bonchev–Trinajstić information content (AvgIpc) is 2.91. The van der Waals surface area contributed by atoms with E-state index in [4.69, 9.17) is 16.3 Å². The van der Waals surface area contributed by atoms with Crippen molar-refractivity contribution in [2.24, 2.45) is 0 Å². The number of nitrogens with one attached hydrogen (secondary N) is 1. The second-order valence-electron chi connectivity index (χ2n) is 4.26. The third kappa shape index (κ3) is 4.68. The van der Waals surface area contributed by atoms with Gasteiger partial charge in [-0.3, -0.25) is 9.59 Å². The Bertz CT molecular complexity index is 656. The molecule has 0 aromatic carbocycles. The van der Waals surface area contributed by atoms with Crippen LogP contribution in [0.15, 0.2) is 0 Å². The number of alkyl halides is 1. The Labute approximate surface area is 147 Å². The predicted octanol–water partition coefficient (Wildman–Crippen LogP) is 1.60. The van der Waals surface area contributed by atoms with Crippen LogP contribution in [0.25, 0.3) is 0 Å². The number of anilines is 1. The highest BCUT2D eigenvalue weighted by molar-refractivity contribution is 7.18. The molecule has 0 atom stereocenters. The fraction of sp³-hybridized carbons (Fsp3) is 0.429. The first-order valence-corrected chi connectivity index (χ1v) is 8.08. The van der Waals surface area contributed by atoms with E-state index in [-0.39, 0.29) is 39.9 Å². The van der Waals surface area contributed by atoms with Gasteiger partial charge in [0.15, 0.2) is 0 Å². The number of carbonyl (C=O) groups is 4. The molecule has 1 aromatic rings. The summed E-state index contributed by atoms with van der Waals surface area (Å²) in [5.74, 6) is -3.13. The molecule has 1 amide bonds. The van der Waals surface area contributed by atoms with E-state index >= 15 is 0 Å². The smallest absolute Gasteiger partial charge is 0.348 e. The van der Waals surface area contributed by atoms with Crippen LogP contribution in [0, 0.1) is 0 Å². The van der Waals surface area contributed by atoms with E-state index in [0.717, 1.165) is 18.4 Å². The Balaban J connectivity index is 3.51. The van der Waals surface area contributed by atoms with Crippen LogP contribution >= 0.6 is 22.9 Å². The summed E-state index contributed by atoms with van der Waals surface area (Å²) in [5, 5.41) is 2.47. The first-order valence-electron chi connectivity index (χ1n) is 6.73. The van der Waals surface area contributed by atoms with E-state index in [9.17, 15) is 19.2 Å². The van der Waals surface area contributed by atoms with E-state index < -0.39 is 23.8 Å². The fourth-order valence-electron chi connectivity index (χ4n) is 1.78. The highest BCUT2D eigenvalue weighted by Gasteiger charge is 2.30. The summed E-state index contributed by atoms with van der Waals surface area (Å²) < 4.78 is 14.2. The summed E-state index contributed by atoms with van der Waals surface area (Å²) in [4.78, 5) is 47.4. The Morgan fingerprint density at radius 3 is 2.29 bits per heavy atom. The second kappa shape index (κ2) is 9.24. The molecule has 0 aliphatic carbocycles. The van der Waals surface area contributed by atoms with Gasteiger partial charge in [0.25, 0.3) is 0 Å². The van der Waals surface area contributed by atoms with E-state index in [1.807, 2.05) is 0 Å². The molecule has 0 spiro atoms. The largest absolute Gasteiger partial charge is 0.469 e. The van der Waals surface area contributed by atoms with E-state index in [0.29, 0.717) is 0 Å². The van der Waals surface area contributed by atoms with Crippen LogP contribution in [0.4, 0.5) is 5.00 Å². The molecule has 1 aromatic heterocycles. The zero-order chi connectivity index (χ0) is 18.3. The highest BCUT2D eigenvalue weighted by Crippen LogP contribution is 2.35. The van der Waals surface area contributed by atoms with Crippen molar-refractivity contribution in [1.82, 2.24) is 0 Å². The SMILES string of the molecule is CCOC(=O)c1c(NC(=O)CCl)sc(C(=O)OC)c1CC(=O)OC. The van der Waals surface area contributed by atoms with Gasteiger partial charge in [0.2, 0.25) is 5.91 Å². The molecule has 8 nitrogen and oxygen atoms in total. The lowest BCUT2D eigenvalue weighted by atomic mass is 10.1. The zero-order valence-electron chi connectivity index (χ0n) is 13.3. The lowest BCUT2D eigenvalue weighted by molar-refractivity contribution is -0.139. The van der Waals surface area contributed by atoms with E-state index in [1.165, 1.54) is 7.11 Å². The number of hydrogen-bond acceptors (Lipinski definition) is 8. The van der Waals surface area contributed by atoms with Gasteiger partial charge in [0.05, 0.1) is 32.8 Å². The molecule has 0 unspecified atom stereocenters. The van der Waals surface area contributed by atoms with Crippen molar-refractivity contribution in [2.75, 3.05) is 32.0 Å². The molecule has 10 heteroatoms. The van der Waals surface area contributed by atoms with Gasteiger partial charge in [0.1, 0.15) is 15.8 Å². The standard InChI is InChI=1S/C14H16ClNO7S/c1-4-23-13(19)10-7(5-9(18)21-2)11(14(20)22-3)24-12(10)16-8(17)6-15/h4-6H2,1-3H3,(H,16,17). The third-order valence-corrected chi connectivity index (χ3v) is 4.15. The van der Waals surface area contributed by atoms with Gasteiger partial charge in [-0.05, 0) is 6.92 Å². The summed E-state index contributed by atoms with van der Waals surface area (Å²) in [5.41, 5.74) is -0.0202. The van der Waals surface area contributed by atoms with Gasteiger partial charge in [-0.15, -0.1) is 22.9 Å². The van der Waals surface area contributed by atoms with Crippen LogP contribution in [0.1, 0.15) is 32.5 Å². The average molecular weight is 378 g/mol. The van der Waals surface area contributed by atoms with Gasteiger partial charge in [0, 0.05) is 5.56 Å². The summed E-state index contributed by atoms with van der Waals surface area (Å²) in [6.45, 7) is 1.67. The summed E-state index contributed by atoms with van der Waals surface area (Å²) in [6, 6.07) is 0. The topological polar surface area (TPSA) is 108 Å².